The number of hydrogen-bond acceptors (Lipinski definition) is 2. The van der Waals surface area contributed by atoms with Crippen molar-refractivity contribution in [2.45, 2.75) is 13.0 Å². The highest BCUT2D eigenvalue weighted by Gasteiger charge is 2.21. The van der Waals surface area contributed by atoms with E-state index in [4.69, 9.17) is 4.74 Å². The third-order valence-electron chi connectivity index (χ3n) is 2.58. The van der Waals surface area contributed by atoms with E-state index in [0.717, 1.165) is 5.56 Å². The smallest absolute Gasteiger partial charge is 0.220 e. The van der Waals surface area contributed by atoms with Crippen molar-refractivity contribution in [3.05, 3.63) is 35.6 Å². The van der Waals surface area contributed by atoms with Crippen LogP contribution in [0.2, 0.25) is 0 Å². The van der Waals surface area contributed by atoms with Crippen molar-refractivity contribution in [3.8, 4) is 0 Å². The van der Waals surface area contributed by atoms with Gasteiger partial charge in [0.1, 0.15) is 5.82 Å². The Hall–Kier alpha value is -1.42. The number of halogens is 1. The Morgan fingerprint density at radius 1 is 1.38 bits per heavy atom. The molecule has 0 radical (unpaired) electrons. The summed E-state index contributed by atoms with van der Waals surface area (Å²) >= 11 is 0. The highest BCUT2D eigenvalue weighted by molar-refractivity contribution is 5.76. The average Bonchev–Trinajstić information content (AvgIpc) is 2.23. The molecule has 1 amide bonds. The molecule has 1 aromatic carbocycles. The topological polar surface area (TPSA) is 38.3 Å². The lowest BCUT2D eigenvalue weighted by Gasteiger charge is -2.25. The second kappa shape index (κ2) is 5.07. The molecule has 0 saturated carbocycles. The fourth-order valence-electron chi connectivity index (χ4n) is 1.54. The molecule has 1 heterocycles. The first-order valence-corrected chi connectivity index (χ1v) is 5.33. The van der Waals surface area contributed by atoms with Crippen molar-refractivity contribution >= 4 is 5.91 Å². The zero-order valence-electron chi connectivity index (χ0n) is 8.91. The molecule has 1 aliphatic heterocycles. The van der Waals surface area contributed by atoms with E-state index in [2.05, 4.69) is 5.32 Å². The molecular formula is C12H14FNO2. The van der Waals surface area contributed by atoms with Gasteiger partial charge in [-0.1, -0.05) is 12.1 Å². The summed E-state index contributed by atoms with van der Waals surface area (Å²) in [6.45, 7) is 1.82. The van der Waals surface area contributed by atoms with Crippen LogP contribution in [0.4, 0.5) is 4.39 Å². The van der Waals surface area contributed by atoms with Crippen LogP contribution in [0.15, 0.2) is 24.3 Å². The van der Waals surface area contributed by atoms with E-state index in [0.29, 0.717) is 32.1 Å². The van der Waals surface area contributed by atoms with Crippen LogP contribution in [0.5, 0.6) is 0 Å². The zero-order chi connectivity index (χ0) is 11.4. The van der Waals surface area contributed by atoms with Gasteiger partial charge in [-0.2, -0.15) is 0 Å². The van der Waals surface area contributed by atoms with Gasteiger partial charge in [0.05, 0.1) is 13.2 Å². The third kappa shape index (κ3) is 3.03. The number of ether oxygens (including phenoxy) is 1. The summed E-state index contributed by atoms with van der Waals surface area (Å²) < 4.78 is 17.6. The maximum atomic E-state index is 12.6. The van der Waals surface area contributed by atoms with E-state index in [1.165, 1.54) is 12.1 Å². The molecule has 1 aliphatic rings. The van der Waals surface area contributed by atoms with Gasteiger partial charge in [-0.3, -0.25) is 4.79 Å². The number of carbonyl (C=O) groups is 1. The van der Waals surface area contributed by atoms with Crippen LogP contribution in [0, 0.1) is 11.7 Å². The van der Waals surface area contributed by atoms with Gasteiger partial charge in [0.15, 0.2) is 0 Å². The lowest BCUT2D eigenvalue weighted by molar-refractivity contribution is -0.126. The van der Waals surface area contributed by atoms with Crippen molar-refractivity contribution in [2.75, 3.05) is 13.2 Å². The SMILES string of the molecule is O=C(CC1COC1)NCc1ccc(F)cc1. The van der Waals surface area contributed by atoms with Crippen molar-refractivity contribution in [1.82, 2.24) is 5.32 Å². The largest absolute Gasteiger partial charge is 0.381 e. The van der Waals surface area contributed by atoms with E-state index >= 15 is 0 Å². The second-order valence-corrected chi connectivity index (χ2v) is 4.01. The molecule has 86 valence electrons. The van der Waals surface area contributed by atoms with Gasteiger partial charge in [0, 0.05) is 18.9 Å². The Morgan fingerprint density at radius 3 is 2.62 bits per heavy atom. The average molecular weight is 223 g/mol. The first kappa shape index (κ1) is 11.1. The summed E-state index contributed by atoms with van der Waals surface area (Å²) in [4.78, 5) is 11.4. The number of rotatable bonds is 4. The lowest BCUT2D eigenvalue weighted by Crippen LogP contribution is -2.34. The fourth-order valence-corrected chi connectivity index (χ4v) is 1.54. The molecule has 1 fully saturated rings. The van der Waals surface area contributed by atoms with Crippen LogP contribution in [-0.4, -0.2) is 19.1 Å². The minimum atomic E-state index is -0.262. The molecule has 2 rings (SSSR count). The predicted molar refractivity (Wildman–Crippen MR) is 57.2 cm³/mol. The Labute approximate surface area is 93.6 Å². The van der Waals surface area contributed by atoms with E-state index in [9.17, 15) is 9.18 Å². The quantitative estimate of drug-likeness (QED) is 0.839. The maximum Gasteiger partial charge on any atom is 0.220 e. The molecule has 0 atom stereocenters. The molecule has 16 heavy (non-hydrogen) atoms. The number of benzene rings is 1. The normalized spacial score (nSPS) is 15.6. The monoisotopic (exact) mass is 223 g/mol. The Kier molecular flexibility index (Phi) is 3.51. The van der Waals surface area contributed by atoms with Crippen LogP contribution < -0.4 is 5.32 Å². The van der Waals surface area contributed by atoms with E-state index < -0.39 is 0 Å². The minimum absolute atomic E-state index is 0.0256. The second-order valence-electron chi connectivity index (χ2n) is 4.01. The number of amides is 1. The highest BCUT2D eigenvalue weighted by atomic mass is 19.1. The number of nitrogens with one attached hydrogen (secondary N) is 1. The Morgan fingerprint density at radius 2 is 2.06 bits per heavy atom. The summed E-state index contributed by atoms with van der Waals surface area (Å²) in [7, 11) is 0. The molecule has 0 spiro atoms. The third-order valence-corrected chi connectivity index (χ3v) is 2.58. The lowest BCUT2D eigenvalue weighted by atomic mass is 10.0. The molecule has 0 unspecified atom stereocenters. The molecular weight excluding hydrogens is 209 g/mol. The van der Waals surface area contributed by atoms with Gasteiger partial charge < -0.3 is 10.1 Å². The summed E-state index contributed by atoms with van der Waals surface area (Å²) in [6, 6.07) is 6.12. The molecule has 1 N–H and O–H groups in total. The van der Waals surface area contributed by atoms with Crippen LogP contribution in [0.3, 0.4) is 0 Å². The summed E-state index contributed by atoms with van der Waals surface area (Å²) in [6.07, 6.45) is 0.515. The minimum Gasteiger partial charge on any atom is -0.381 e. The van der Waals surface area contributed by atoms with Crippen molar-refractivity contribution in [3.63, 3.8) is 0 Å². The van der Waals surface area contributed by atoms with Gasteiger partial charge >= 0.3 is 0 Å². The van der Waals surface area contributed by atoms with Crippen LogP contribution in [0.1, 0.15) is 12.0 Å². The molecule has 0 bridgehead atoms. The van der Waals surface area contributed by atoms with Gasteiger partial charge in [-0.25, -0.2) is 4.39 Å². The zero-order valence-corrected chi connectivity index (χ0v) is 8.91. The Bertz CT molecular complexity index is 360. The molecule has 1 aromatic rings. The maximum absolute atomic E-state index is 12.6. The van der Waals surface area contributed by atoms with Crippen LogP contribution in [-0.2, 0) is 16.1 Å². The molecule has 0 aliphatic carbocycles. The number of carbonyl (C=O) groups excluding carboxylic acids is 1. The molecule has 1 saturated heterocycles. The molecule has 3 nitrogen and oxygen atoms in total. The van der Waals surface area contributed by atoms with Crippen molar-refractivity contribution < 1.29 is 13.9 Å². The van der Waals surface area contributed by atoms with Crippen molar-refractivity contribution in [1.29, 1.82) is 0 Å². The van der Waals surface area contributed by atoms with Crippen molar-refractivity contribution in [2.24, 2.45) is 5.92 Å². The first-order chi connectivity index (χ1) is 7.74. The van der Waals surface area contributed by atoms with E-state index in [1.54, 1.807) is 12.1 Å². The summed E-state index contributed by atoms with van der Waals surface area (Å²) in [5, 5.41) is 2.80. The first-order valence-electron chi connectivity index (χ1n) is 5.33. The Balaban J connectivity index is 1.73. The molecule has 0 aromatic heterocycles. The van der Waals surface area contributed by atoms with Gasteiger partial charge in [0.25, 0.3) is 0 Å². The summed E-state index contributed by atoms with van der Waals surface area (Å²) in [5.41, 5.74) is 0.902. The van der Waals surface area contributed by atoms with E-state index in [1.807, 2.05) is 0 Å². The van der Waals surface area contributed by atoms with E-state index in [-0.39, 0.29) is 11.7 Å². The summed E-state index contributed by atoms with van der Waals surface area (Å²) in [5.74, 6) is 0.132. The number of hydrogen-bond donors (Lipinski definition) is 1. The van der Waals surface area contributed by atoms with Crippen LogP contribution >= 0.6 is 0 Å². The fraction of sp³-hybridized carbons (Fsp3) is 0.417. The predicted octanol–water partition coefficient (Wildman–Crippen LogP) is 1.48. The van der Waals surface area contributed by atoms with Gasteiger partial charge in [-0.15, -0.1) is 0 Å². The molecule has 4 heteroatoms. The standard InChI is InChI=1S/C12H14FNO2/c13-11-3-1-9(2-4-11)6-14-12(15)5-10-7-16-8-10/h1-4,10H,5-8H2,(H,14,15). The van der Waals surface area contributed by atoms with Crippen LogP contribution in [0.25, 0.3) is 0 Å². The van der Waals surface area contributed by atoms with Gasteiger partial charge in [0.2, 0.25) is 5.91 Å². The van der Waals surface area contributed by atoms with Gasteiger partial charge in [-0.05, 0) is 17.7 Å². The highest BCUT2D eigenvalue weighted by Crippen LogP contribution is 2.13.